The number of hydrogen-bond acceptors (Lipinski definition) is 5. The molecule has 0 saturated heterocycles. The molecule has 2 aromatic carbocycles. The fourth-order valence-electron chi connectivity index (χ4n) is 4.46. The Morgan fingerprint density at radius 3 is 2.69 bits per heavy atom. The third-order valence-corrected chi connectivity index (χ3v) is 7.70. The van der Waals surface area contributed by atoms with Crippen LogP contribution in [0.1, 0.15) is 27.2 Å². The van der Waals surface area contributed by atoms with Gasteiger partial charge in [-0.2, -0.15) is 0 Å². The number of carbonyl (C=O) groups excluding carboxylic acids is 2. The molecule has 0 bridgehead atoms. The van der Waals surface area contributed by atoms with Crippen LogP contribution in [0.2, 0.25) is 0 Å². The smallest absolute Gasteiger partial charge is 0.265 e. The number of thiophene rings is 1. The SMILES string of the molecule is O=C(Nc1ccc(-c2nc(-c3cc4c5c(c3)CC(=O)N5CCC4)cs2)cc1)c1cccs1. The molecule has 32 heavy (non-hydrogen) atoms. The maximum Gasteiger partial charge on any atom is 0.265 e. The standard InChI is InChI=1S/C25H19N3O2S2/c29-22-13-18-12-17(11-16-3-1-9-28(22)23(16)18)20-14-32-25(27-20)15-5-7-19(8-6-15)26-24(30)21-4-2-10-31-21/h2,4-8,10-12,14H,1,3,9,13H2,(H,26,30). The van der Waals surface area contributed by atoms with E-state index in [9.17, 15) is 9.59 Å². The molecule has 4 aromatic rings. The van der Waals surface area contributed by atoms with E-state index in [0.29, 0.717) is 11.3 Å². The molecule has 0 radical (unpaired) electrons. The fourth-order valence-corrected chi connectivity index (χ4v) is 5.92. The van der Waals surface area contributed by atoms with Crippen LogP contribution in [-0.4, -0.2) is 23.3 Å². The van der Waals surface area contributed by atoms with Crippen molar-refractivity contribution in [3.05, 3.63) is 75.3 Å². The molecule has 0 atom stereocenters. The molecule has 6 rings (SSSR count). The van der Waals surface area contributed by atoms with Crippen molar-refractivity contribution in [2.24, 2.45) is 0 Å². The summed E-state index contributed by atoms with van der Waals surface area (Å²) in [6.45, 7) is 0.836. The second-order valence-corrected chi connectivity index (χ2v) is 9.82. The number of thiazole rings is 1. The minimum atomic E-state index is -0.0955. The molecule has 2 aliphatic heterocycles. The predicted octanol–water partition coefficient (Wildman–Crippen LogP) is 5.63. The van der Waals surface area contributed by atoms with Gasteiger partial charge in [0.2, 0.25) is 5.91 Å². The van der Waals surface area contributed by atoms with E-state index in [-0.39, 0.29) is 11.8 Å². The van der Waals surface area contributed by atoms with Crippen molar-refractivity contribution in [2.75, 3.05) is 16.8 Å². The number of nitrogens with zero attached hydrogens (tertiary/aromatic N) is 2. The lowest BCUT2D eigenvalue weighted by Crippen LogP contribution is -2.31. The summed E-state index contributed by atoms with van der Waals surface area (Å²) in [4.78, 5) is 32.1. The zero-order valence-electron chi connectivity index (χ0n) is 17.1. The van der Waals surface area contributed by atoms with E-state index in [1.54, 1.807) is 11.3 Å². The van der Waals surface area contributed by atoms with Gasteiger partial charge in [0.15, 0.2) is 0 Å². The molecular formula is C25H19N3O2S2. The lowest BCUT2D eigenvalue weighted by atomic mass is 9.96. The molecule has 2 aliphatic rings. The van der Waals surface area contributed by atoms with Crippen molar-refractivity contribution < 1.29 is 9.59 Å². The third-order valence-electron chi connectivity index (χ3n) is 5.94. The Morgan fingerprint density at radius 1 is 1.03 bits per heavy atom. The summed E-state index contributed by atoms with van der Waals surface area (Å²) >= 11 is 3.03. The minimum Gasteiger partial charge on any atom is -0.321 e. The Morgan fingerprint density at radius 2 is 1.88 bits per heavy atom. The van der Waals surface area contributed by atoms with E-state index in [2.05, 4.69) is 22.8 Å². The number of aryl methyl sites for hydroxylation is 1. The van der Waals surface area contributed by atoms with Crippen LogP contribution >= 0.6 is 22.7 Å². The minimum absolute atomic E-state index is 0.0955. The summed E-state index contributed by atoms with van der Waals surface area (Å²) in [5, 5.41) is 7.83. The number of anilines is 2. The van der Waals surface area contributed by atoms with Crippen molar-refractivity contribution in [1.29, 1.82) is 0 Å². The van der Waals surface area contributed by atoms with Gasteiger partial charge in [0, 0.05) is 28.7 Å². The van der Waals surface area contributed by atoms with Gasteiger partial charge in [0.1, 0.15) is 5.01 Å². The van der Waals surface area contributed by atoms with Gasteiger partial charge < -0.3 is 10.2 Å². The normalized spacial score (nSPS) is 14.5. The van der Waals surface area contributed by atoms with Crippen LogP contribution in [0, 0.1) is 0 Å². The van der Waals surface area contributed by atoms with Gasteiger partial charge in [-0.1, -0.05) is 6.07 Å². The molecular weight excluding hydrogens is 438 g/mol. The number of benzene rings is 2. The average Bonchev–Trinajstić information content (AvgIpc) is 3.56. The van der Waals surface area contributed by atoms with Gasteiger partial charge in [-0.25, -0.2) is 4.98 Å². The first-order chi connectivity index (χ1) is 15.7. The Hall–Kier alpha value is -3.29. The first-order valence-electron chi connectivity index (χ1n) is 10.5. The monoisotopic (exact) mass is 457 g/mol. The first-order valence-corrected chi connectivity index (χ1v) is 12.3. The zero-order chi connectivity index (χ0) is 21.7. The Balaban J connectivity index is 1.24. The number of hydrogen-bond donors (Lipinski definition) is 1. The number of carbonyl (C=O) groups is 2. The fraction of sp³-hybridized carbons (Fsp3) is 0.160. The highest BCUT2D eigenvalue weighted by molar-refractivity contribution is 7.13. The zero-order valence-corrected chi connectivity index (χ0v) is 18.8. The number of aromatic nitrogens is 1. The summed E-state index contributed by atoms with van der Waals surface area (Å²) in [5.41, 5.74) is 7.32. The molecule has 2 aromatic heterocycles. The van der Waals surface area contributed by atoms with Gasteiger partial charge in [-0.3, -0.25) is 9.59 Å². The molecule has 2 amide bonds. The Bertz CT molecular complexity index is 1340. The van der Waals surface area contributed by atoms with E-state index < -0.39 is 0 Å². The lowest BCUT2D eigenvalue weighted by Gasteiger charge is -2.25. The Kier molecular flexibility index (Phi) is 4.66. The molecule has 5 nitrogen and oxygen atoms in total. The molecule has 1 N–H and O–H groups in total. The molecule has 7 heteroatoms. The van der Waals surface area contributed by atoms with Crippen molar-refractivity contribution in [3.63, 3.8) is 0 Å². The lowest BCUT2D eigenvalue weighted by molar-refractivity contribution is -0.117. The maximum absolute atomic E-state index is 12.3. The molecule has 0 unspecified atom stereocenters. The van der Waals surface area contributed by atoms with Crippen LogP contribution in [0.25, 0.3) is 21.8 Å². The van der Waals surface area contributed by atoms with E-state index in [1.807, 2.05) is 46.7 Å². The first kappa shape index (κ1) is 19.4. The average molecular weight is 458 g/mol. The molecule has 0 saturated carbocycles. The van der Waals surface area contributed by atoms with Crippen molar-refractivity contribution >= 4 is 45.9 Å². The van der Waals surface area contributed by atoms with Gasteiger partial charge in [0.25, 0.3) is 5.91 Å². The summed E-state index contributed by atoms with van der Waals surface area (Å²) in [6.07, 6.45) is 2.51. The van der Waals surface area contributed by atoms with E-state index in [4.69, 9.17) is 4.98 Å². The number of rotatable bonds is 4. The molecule has 158 valence electrons. The van der Waals surface area contributed by atoms with Crippen LogP contribution in [0.4, 0.5) is 11.4 Å². The van der Waals surface area contributed by atoms with Crippen LogP contribution in [0.3, 0.4) is 0 Å². The van der Waals surface area contributed by atoms with Crippen molar-refractivity contribution in [2.45, 2.75) is 19.3 Å². The van der Waals surface area contributed by atoms with Crippen LogP contribution in [0.15, 0.2) is 59.3 Å². The van der Waals surface area contributed by atoms with E-state index in [0.717, 1.165) is 58.2 Å². The number of nitrogens with one attached hydrogen (secondary N) is 1. The topological polar surface area (TPSA) is 62.3 Å². The molecule has 0 aliphatic carbocycles. The van der Waals surface area contributed by atoms with Gasteiger partial charge in [0.05, 0.1) is 22.7 Å². The van der Waals surface area contributed by atoms with Gasteiger partial charge in [-0.15, -0.1) is 22.7 Å². The summed E-state index contributed by atoms with van der Waals surface area (Å²) in [5.74, 6) is 0.116. The van der Waals surface area contributed by atoms with Crippen LogP contribution in [-0.2, 0) is 17.6 Å². The van der Waals surface area contributed by atoms with Crippen molar-refractivity contribution in [3.8, 4) is 21.8 Å². The van der Waals surface area contributed by atoms with Crippen molar-refractivity contribution in [1.82, 2.24) is 4.98 Å². The van der Waals surface area contributed by atoms with Gasteiger partial charge >= 0.3 is 0 Å². The summed E-state index contributed by atoms with van der Waals surface area (Å²) in [6, 6.07) is 15.8. The predicted molar refractivity (Wildman–Crippen MR) is 130 cm³/mol. The second-order valence-electron chi connectivity index (χ2n) is 8.02. The Labute approximate surface area is 193 Å². The highest BCUT2D eigenvalue weighted by Gasteiger charge is 2.32. The van der Waals surface area contributed by atoms with E-state index in [1.165, 1.54) is 16.9 Å². The highest BCUT2D eigenvalue weighted by Crippen LogP contribution is 2.40. The second kappa shape index (κ2) is 7.69. The maximum atomic E-state index is 12.3. The van der Waals surface area contributed by atoms with Crippen LogP contribution in [0.5, 0.6) is 0 Å². The van der Waals surface area contributed by atoms with Crippen LogP contribution < -0.4 is 10.2 Å². The molecule has 0 spiro atoms. The molecule has 0 fully saturated rings. The summed E-state index contributed by atoms with van der Waals surface area (Å²) in [7, 11) is 0. The largest absolute Gasteiger partial charge is 0.321 e. The number of amides is 2. The van der Waals surface area contributed by atoms with E-state index >= 15 is 0 Å². The quantitative estimate of drug-likeness (QED) is 0.432. The molecule has 4 heterocycles. The summed E-state index contributed by atoms with van der Waals surface area (Å²) < 4.78 is 0. The highest BCUT2D eigenvalue weighted by atomic mass is 32.1. The van der Waals surface area contributed by atoms with Gasteiger partial charge in [-0.05, 0) is 71.8 Å². The third kappa shape index (κ3) is 3.34.